The third kappa shape index (κ3) is 3.75. The molecule has 0 aliphatic heterocycles. The Hall–Kier alpha value is -0.480. The molecule has 1 aromatic rings. The first-order valence-electron chi connectivity index (χ1n) is 6.34. The van der Waals surface area contributed by atoms with Crippen LogP contribution in [-0.4, -0.2) is 12.0 Å². The van der Waals surface area contributed by atoms with Crippen LogP contribution in [0.25, 0.3) is 0 Å². The van der Waals surface area contributed by atoms with E-state index in [1.54, 1.807) is 0 Å². The van der Waals surface area contributed by atoms with Crippen LogP contribution in [0.15, 0.2) is 28.7 Å². The summed E-state index contributed by atoms with van der Waals surface area (Å²) in [5, 5.41) is 0. The summed E-state index contributed by atoms with van der Waals surface area (Å²) in [7, 11) is 0. The fourth-order valence-corrected chi connectivity index (χ4v) is 2.81. The predicted molar refractivity (Wildman–Crippen MR) is 72.7 cm³/mol. The molecule has 4 heteroatoms. The molecule has 100 valence electrons. The van der Waals surface area contributed by atoms with Crippen LogP contribution < -0.4 is 5.73 Å². The van der Waals surface area contributed by atoms with Gasteiger partial charge in [0.2, 0.25) is 5.92 Å². The van der Waals surface area contributed by atoms with Crippen LogP contribution in [0.2, 0.25) is 0 Å². The molecule has 0 saturated heterocycles. The van der Waals surface area contributed by atoms with E-state index in [-0.39, 0.29) is 24.8 Å². The first-order chi connectivity index (χ1) is 8.46. The number of rotatable bonds is 3. The normalized spacial score (nSPS) is 21.8. The Morgan fingerprint density at radius 2 is 1.78 bits per heavy atom. The predicted octanol–water partition coefficient (Wildman–Crippen LogP) is 4.14. The topological polar surface area (TPSA) is 26.0 Å². The van der Waals surface area contributed by atoms with Gasteiger partial charge in [-0.1, -0.05) is 28.1 Å². The second kappa shape index (κ2) is 5.66. The molecule has 0 heterocycles. The van der Waals surface area contributed by atoms with E-state index in [4.69, 9.17) is 5.73 Å². The highest BCUT2D eigenvalue weighted by molar-refractivity contribution is 9.10. The Labute approximate surface area is 115 Å². The Kier molecular flexibility index (Phi) is 4.38. The van der Waals surface area contributed by atoms with Gasteiger partial charge < -0.3 is 5.73 Å². The van der Waals surface area contributed by atoms with Crippen molar-refractivity contribution in [3.8, 4) is 0 Å². The summed E-state index contributed by atoms with van der Waals surface area (Å²) in [4.78, 5) is 0. The molecular weight excluding hydrogens is 300 g/mol. The summed E-state index contributed by atoms with van der Waals surface area (Å²) < 4.78 is 27.2. The summed E-state index contributed by atoms with van der Waals surface area (Å²) in [6, 6.07) is 8.01. The van der Waals surface area contributed by atoms with Gasteiger partial charge in [0.15, 0.2) is 0 Å². The SMILES string of the molecule is NC(Cc1ccc(Br)cc1)C1CCC(F)(F)CC1. The maximum absolute atomic E-state index is 13.1. The second-order valence-electron chi connectivity index (χ2n) is 5.19. The van der Waals surface area contributed by atoms with Crippen molar-refractivity contribution in [2.45, 2.75) is 44.1 Å². The van der Waals surface area contributed by atoms with Crippen molar-refractivity contribution in [1.82, 2.24) is 0 Å². The largest absolute Gasteiger partial charge is 0.327 e. The van der Waals surface area contributed by atoms with Gasteiger partial charge >= 0.3 is 0 Å². The van der Waals surface area contributed by atoms with E-state index >= 15 is 0 Å². The van der Waals surface area contributed by atoms with E-state index in [1.807, 2.05) is 24.3 Å². The van der Waals surface area contributed by atoms with Crippen molar-refractivity contribution in [2.24, 2.45) is 11.7 Å². The number of halogens is 3. The van der Waals surface area contributed by atoms with Gasteiger partial charge in [-0.15, -0.1) is 0 Å². The average molecular weight is 318 g/mol. The van der Waals surface area contributed by atoms with Crippen LogP contribution >= 0.6 is 15.9 Å². The molecular formula is C14H18BrF2N. The van der Waals surface area contributed by atoms with Crippen molar-refractivity contribution < 1.29 is 8.78 Å². The lowest BCUT2D eigenvalue weighted by molar-refractivity contribution is -0.0481. The molecule has 1 fully saturated rings. The molecule has 0 radical (unpaired) electrons. The maximum atomic E-state index is 13.1. The Morgan fingerprint density at radius 3 is 2.33 bits per heavy atom. The van der Waals surface area contributed by atoms with E-state index in [1.165, 1.54) is 5.56 Å². The molecule has 0 aromatic heterocycles. The third-order valence-corrected chi connectivity index (χ3v) is 4.28. The van der Waals surface area contributed by atoms with Gasteiger partial charge in [-0.2, -0.15) is 0 Å². The highest BCUT2D eigenvalue weighted by Gasteiger charge is 2.36. The monoisotopic (exact) mass is 317 g/mol. The van der Waals surface area contributed by atoms with Crippen molar-refractivity contribution in [3.63, 3.8) is 0 Å². The second-order valence-corrected chi connectivity index (χ2v) is 6.10. The van der Waals surface area contributed by atoms with Crippen molar-refractivity contribution in [1.29, 1.82) is 0 Å². The van der Waals surface area contributed by atoms with E-state index in [9.17, 15) is 8.78 Å². The molecule has 1 saturated carbocycles. The maximum Gasteiger partial charge on any atom is 0.248 e. The van der Waals surface area contributed by atoms with Crippen molar-refractivity contribution >= 4 is 15.9 Å². The minimum atomic E-state index is -2.46. The van der Waals surface area contributed by atoms with Gasteiger partial charge in [0.25, 0.3) is 0 Å². The van der Waals surface area contributed by atoms with E-state index in [2.05, 4.69) is 15.9 Å². The molecule has 2 N–H and O–H groups in total. The Bertz CT molecular complexity index is 381. The van der Waals surface area contributed by atoms with Gasteiger partial charge in [-0.25, -0.2) is 8.78 Å². The third-order valence-electron chi connectivity index (χ3n) is 3.75. The first kappa shape index (κ1) is 13.9. The van der Waals surface area contributed by atoms with E-state index in [0.717, 1.165) is 10.9 Å². The van der Waals surface area contributed by atoms with E-state index in [0.29, 0.717) is 12.8 Å². The summed E-state index contributed by atoms with van der Waals surface area (Å²) in [6.45, 7) is 0. The van der Waals surface area contributed by atoms with Crippen LogP contribution in [0.4, 0.5) is 8.78 Å². The number of hydrogen-bond donors (Lipinski definition) is 1. The summed E-state index contributed by atoms with van der Waals surface area (Å²) >= 11 is 3.39. The smallest absolute Gasteiger partial charge is 0.248 e. The van der Waals surface area contributed by atoms with Gasteiger partial charge in [0.1, 0.15) is 0 Å². The molecule has 1 aliphatic rings. The summed E-state index contributed by atoms with van der Waals surface area (Å²) in [6.07, 6.45) is 1.84. The Balaban J connectivity index is 1.89. The number of alkyl halides is 2. The number of nitrogens with two attached hydrogens (primary N) is 1. The molecule has 0 bridgehead atoms. The highest BCUT2D eigenvalue weighted by atomic mass is 79.9. The molecule has 1 aromatic carbocycles. The standard InChI is InChI=1S/C14H18BrF2N/c15-12-3-1-10(2-4-12)9-13(18)11-5-7-14(16,17)8-6-11/h1-4,11,13H,5-9,18H2. The minimum Gasteiger partial charge on any atom is -0.327 e. The fraction of sp³-hybridized carbons (Fsp3) is 0.571. The zero-order valence-corrected chi connectivity index (χ0v) is 11.8. The minimum absolute atomic E-state index is 0.00823. The fourth-order valence-electron chi connectivity index (χ4n) is 2.55. The average Bonchev–Trinajstić information content (AvgIpc) is 2.32. The highest BCUT2D eigenvalue weighted by Crippen LogP contribution is 2.37. The zero-order valence-electron chi connectivity index (χ0n) is 10.2. The molecule has 1 aliphatic carbocycles. The van der Waals surface area contributed by atoms with Crippen LogP contribution in [0.3, 0.4) is 0 Å². The number of hydrogen-bond acceptors (Lipinski definition) is 1. The molecule has 1 atom stereocenters. The zero-order chi connectivity index (χ0) is 13.2. The first-order valence-corrected chi connectivity index (χ1v) is 7.13. The quantitative estimate of drug-likeness (QED) is 0.890. The van der Waals surface area contributed by atoms with Crippen LogP contribution in [-0.2, 0) is 6.42 Å². The molecule has 1 unspecified atom stereocenters. The van der Waals surface area contributed by atoms with Gasteiger partial charge in [-0.3, -0.25) is 0 Å². The summed E-state index contributed by atoms with van der Waals surface area (Å²) in [5.41, 5.74) is 7.32. The van der Waals surface area contributed by atoms with Crippen molar-refractivity contribution in [3.05, 3.63) is 34.3 Å². The molecule has 1 nitrogen and oxygen atoms in total. The van der Waals surface area contributed by atoms with Gasteiger partial charge in [0.05, 0.1) is 0 Å². The molecule has 2 rings (SSSR count). The van der Waals surface area contributed by atoms with Crippen LogP contribution in [0, 0.1) is 5.92 Å². The van der Waals surface area contributed by atoms with Crippen LogP contribution in [0.1, 0.15) is 31.2 Å². The lowest BCUT2D eigenvalue weighted by atomic mass is 9.80. The van der Waals surface area contributed by atoms with E-state index < -0.39 is 5.92 Å². The Morgan fingerprint density at radius 1 is 1.22 bits per heavy atom. The van der Waals surface area contributed by atoms with Gasteiger partial charge in [0, 0.05) is 23.4 Å². The van der Waals surface area contributed by atoms with Crippen LogP contribution in [0.5, 0.6) is 0 Å². The molecule has 18 heavy (non-hydrogen) atoms. The summed E-state index contributed by atoms with van der Waals surface area (Å²) in [5.74, 6) is -2.23. The molecule has 0 spiro atoms. The van der Waals surface area contributed by atoms with Crippen molar-refractivity contribution in [2.75, 3.05) is 0 Å². The lowest BCUT2D eigenvalue weighted by Crippen LogP contribution is -2.37. The molecule has 0 amide bonds. The number of benzene rings is 1. The lowest BCUT2D eigenvalue weighted by Gasteiger charge is -2.32. The van der Waals surface area contributed by atoms with Gasteiger partial charge in [-0.05, 0) is 42.9 Å².